The van der Waals surface area contributed by atoms with E-state index < -0.39 is 5.60 Å². The molecule has 2 N–H and O–H groups in total. The van der Waals surface area contributed by atoms with Crippen LogP contribution >= 0.6 is 0 Å². The Hall–Kier alpha value is -1.29. The van der Waals surface area contributed by atoms with E-state index in [1.54, 1.807) is 6.07 Å². The fourth-order valence-corrected chi connectivity index (χ4v) is 2.26. The Morgan fingerprint density at radius 1 is 1.35 bits per heavy atom. The van der Waals surface area contributed by atoms with E-state index in [-0.39, 0.29) is 5.82 Å². The van der Waals surface area contributed by atoms with E-state index in [1.165, 1.54) is 19.2 Å². The van der Waals surface area contributed by atoms with Crippen LogP contribution in [0.15, 0.2) is 18.2 Å². The number of hydrogen-bond acceptors (Lipinski definition) is 3. The van der Waals surface area contributed by atoms with Crippen LogP contribution in [0.5, 0.6) is 5.75 Å². The normalized spacial score (nSPS) is 18.1. The standard InChI is InChI=1S/C13H18FNO2/c1-17-12-7-10(14)6-11(8-12)15-9-13(16)4-2-3-5-13/h6-8,15-16H,2-5,9H2,1H3. The van der Waals surface area contributed by atoms with Crippen LogP contribution < -0.4 is 10.1 Å². The van der Waals surface area contributed by atoms with Gasteiger partial charge < -0.3 is 15.2 Å². The van der Waals surface area contributed by atoms with Gasteiger partial charge in [-0.1, -0.05) is 12.8 Å². The summed E-state index contributed by atoms with van der Waals surface area (Å²) in [4.78, 5) is 0. The highest BCUT2D eigenvalue weighted by Crippen LogP contribution is 2.30. The number of anilines is 1. The summed E-state index contributed by atoms with van der Waals surface area (Å²) >= 11 is 0. The first kappa shape index (κ1) is 12.2. The first-order chi connectivity index (χ1) is 8.11. The van der Waals surface area contributed by atoms with Crippen molar-refractivity contribution in [2.75, 3.05) is 19.0 Å². The molecule has 0 aliphatic heterocycles. The average molecular weight is 239 g/mol. The molecule has 0 atom stereocenters. The molecule has 0 saturated heterocycles. The van der Waals surface area contributed by atoms with Crippen molar-refractivity contribution in [3.63, 3.8) is 0 Å². The van der Waals surface area contributed by atoms with Crippen LogP contribution in [0, 0.1) is 5.82 Å². The Morgan fingerprint density at radius 2 is 2.06 bits per heavy atom. The molecule has 1 aromatic carbocycles. The number of nitrogens with one attached hydrogen (secondary N) is 1. The van der Waals surface area contributed by atoms with E-state index in [9.17, 15) is 9.50 Å². The lowest BCUT2D eigenvalue weighted by molar-refractivity contribution is 0.0614. The summed E-state index contributed by atoms with van der Waals surface area (Å²) in [6, 6.07) is 4.46. The number of aliphatic hydroxyl groups is 1. The first-order valence-corrected chi connectivity index (χ1v) is 5.92. The zero-order valence-electron chi connectivity index (χ0n) is 10.0. The predicted molar refractivity (Wildman–Crippen MR) is 64.9 cm³/mol. The maximum atomic E-state index is 13.2. The molecule has 0 radical (unpaired) electrons. The lowest BCUT2D eigenvalue weighted by Gasteiger charge is -2.23. The Labute approximate surface area is 101 Å². The van der Waals surface area contributed by atoms with E-state index in [0.717, 1.165) is 25.7 Å². The van der Waals surface area contributed by atoms with Crippen LogP contribution in [0.25, 0.3) is 0 Å². The molecule has 0 spiro atoms. The molecule has 94 valence electrons. The zero-order chi connectivity index (χ0) is 12.3. The molecule has 0 unspecified atom stereocenters. The lowest BCUT2D eigenvalue weighted by atomic mass is 10.0. The Bertz CT molecular complexity index is 389. The van der Waals surface area contributed by atoms with Gasteiger partial charge in [0.25, 0.3) is 0 Å². The number of hydrogen-bond donors (Lipinski definition) is 2. The molecular formula is C13H18FNO2. The van der Waals surface area contributed by atoms with Crippen molar-refractivity contribution < 1.29 is 14.2 Å². The topological polar surface area (TPSA) is 41.5 Å². The van der Waals surface area contributed by atoms with E-state index >= 15 is 0 Å². The van der Waals surface area contributed by atoms with Gasteiger partial charge in [-0.15, -0.1) is 0 Å². The smallest absolute Gasteiger partial charge is 0.128 e. The second kappa shape index (κ2) is 4.92. The molecule has 1 aliphatic rings. The van der Waals surface area contributed by atoms with E-state index in [1.807, 2.05) is 0 Å². The molecule has 4 heteroatoms. The van der Waals surface area contributed by atoms with Crippen molar-refractivity contribution in [1.82, 2.24) is 0 Å². The summed E-state index contributed by atoms with van der Waals surface area (Å²) in [5, 5.41) is 13.2. The molecular weight excluding hydrogens is 221 g/mol. The highest BCUT2D eigenvalue weighted by atomic mass is 19.1. The van der Waals surface area contributed by atoms with Crippen LogP contribution in [0.3, 0.4) is 0 Å². The summed E-state index contributed by atoms with van der Waals surface area (Å²) in [5.74, 6) is 0.135. The summed E-state index contributed by atoms with van der Waals surface area (Å²) in [7, 11) is 1.50. The highest BCUT2D eigenvalue weighted by Gasteiger charge is 2.30. The largest absolute Gasteiger partial charge is 0.497 e. The number of halogens is 1. The van der Waals surface area contributed by atoms with Crippen molar-refractivity contribution in [2.45, 2.75) is 31.3 Å². The van der Waals surface area contributed by atoms with Crippen molar-refractivity contribution in [3.05, 3.63) is 24.0 Å². The third kappa shape index (κ3) is 3.09. The van der Waals surface area contributed by atoms with Crippen LogP contribution in [0.4, 0.5) is 10.1 Å². The van der Waals surface area contributed by atoms with Gasteiger partial charge in [0.2, 0.25) is 0 Å². The summed E-state index contributed by atoms with van der Waals surface area (Å²) in [6.07, 6.45) is 3.74. The van der Waals surface area contributed by atoms with Gasteiger partial charge in [-0.25, -0.2) is 4.39 Å². The maximum absolute atomic E-state index is 13.2. The van der Waals surface area contributed by atoms with Crippen LogP contribution in [0.1, 0.15) is 25.7 Å². The minimum atomic E-state index is -0.639. The van der Waals surface area contributed by atoms with Crippen molar-refractivity contribution in [1.29, 1.82) is 0 Å². The quantitative estimate of drug-likeness (QED) is 0.848. The SMILES string of the molecule is COc1cc(F)cc(NCC2(O)CCCC2)c1. The molecule has 0 amide bonds. The Balaban J connectivity index is 2.00. The predicted octanol–water partition coefficient (Wildman–Crippen LogP) is 2.55. The third-order valence-electron chi connectivity index (χ3n) is 3.26. The molecule has 2 rings (SSSR count). The van der Waals surface area contributed by atoms with Crippen molar-refractivity contribution in [3.8, 4) is 5.75 Å². The molecule has 0 heterocycles. The van der Waals surface area contributed by atoms with Gasteiger partial charge >= 0.3 is 0 Å². The molecule has 1 saturated carbocycles. The molecule has 1 aromatic rings. The van der Waals surface area contributed by atoms with Gasteiger partial charge in [0.15, 0.2) is 0 Å². The van der Waals surface area contributed by atoms with Gasteiger partial charge in [0.1, 0.15) is 11.6 Å². The average Bonchev–Trinajstić information content (AvgIpc) is 2.73. The van der Waals surface area contributed by atoms with Gasteiger partial charge in [0.05, 0.1) is 12.7 Å². The van der Waals surface area contributed by atoms with Crippen LogP contribution in [-0.4, -0.2) is 24.4 Å². The fourth-order valence-electron chi connectivity index (χ4n) is 2.26. The van der Waals surface area contributed by atoms with Gasteiger partial charge in [0, 0.05) is 24.4 Å². The molecule has 17 heavy (non-hydrogen) atoms. The molecule has 3 nitrogen and oxygen atoms in total. The Morgan fingerprint density at radius 3 is 2.71 bits per heavy atom. The Kier molecular flexibility index (Phi) is 3.52. The second-order valence-electron chi connectivity index (χ2n) is 4.66. The second-order valence-corrected chi connectivity index (χ2v) is 4.66. The van der Waals surface area contributed by atoms with Crippen molar-refractivity contribution >= 4 is 5.69 Å². The molecule has 1 aliphatic carbocycles. The number of ether oxygens (including phenoxy) is 1. The molecule has 1 fully saturated rings. The van der Waals surface area contributed by atoms with Gasteiger partial charge in [-0.2, -0.15) is 0 Å². The highest BCUT2D eigenvalue weighted by molar-refractivity contribution is 5.49. The lowest BCUT2D eigenvalue weighted by Crippen LogP contribution is -2.33. The fraction of sp³-hybridized carbons (Fsp3) is 0.538. The summed E-state index contributed by atoms with van der Waals surface area (Å²) in [5.41, 5.74) is 0.00157. The van der Waals surface area contributed by atoms with Crippen molar-refractivity contribution in [2.24, 2.45) is 0 Å². The first-order valence-electron chi connectivity index (χ1n) is 5.92. The number of rotatable bonds is 4. The number of benzene rings is 1. The minimum absolute atomic E-state index is 0.342. The molecule has 0 aromatic heterocycles. The van der Waals surface area contributed by atoms with E-state index in [0.29, 0.717) is 18.0 Å². The number of methoxy groups -OCH3 is 1. The minimum Gasteiger partial charge on any atom is -0.497 e. The van der Waals surface area contributed by atoms with Crippen LogP contribution in [-0.2, 0) is 0 Å². The third-order valence-corrected chi connectivity index (χ3v) is 3.26. The summed E-state index contributed by atoms with van der Waals surface area (Å²) < 4.78 is 18.2. The monoisotopic (exact) mass is 239 g/mol. The van der Waals surface area contributed by atoms with E-state index in [4.69, 9.17) is 4.74 Å². The maximum Gasteiger partial charge on any atom is 0.128 e. The summed E-state index contributed by atoms with van der Waals surface area (Å²) in [6.45, 7) is 0.458. The van der Waals surface area contributed by atoms with Gasteiger partial charge in [-0.05, 0) is 18.9 Å². The van der Waals surface area contributed by atoms with Crippen LogP contribution in [0.2, 0.25) is 0 Å². The zero-order valence-corrected chi connectivity index (χ0v) is 10.0. The van der Waals surface area contributed by atoms with Gasteiger partial charge in [-0.3, -0.25) is 0 Å². The van der Waals surface area contributed by atoms with E-state index in [2.05, 4.69) is 5.32 Å². The molecule has 0 bridgehead atoms.